The molecular weight excluding hydrogens is 156 g/mol. The molecule has 0 radical (unpaired) electrons. The van der Waals surface area contributed by atoms with E-state index in [0.717, 1.165) is 17.7 Å². The number of aliphatic hydroxyl groups excluding tert-OH is 1. The molecule has 66 valence electrons. The van der Waals surface area contributed by atoms with Gasteiger partial charge in [0.2, 0.25) is 0 Å². The fraction of sp³-hybridized carbons (Fsp3) is 0.625. The maximum atomic E-state index is 9.17. The zero-order valence-corrected chi connectivity index (χ0v) is 6.95. The molecule has 1 aliphatic rings. The van der Waals surface area contributed by atoms with Crippen molar-refractivity contribution in [2.45, 2.75) is 18.9 Å². The van der Waals surface area contributed by atoms with Crippen LogP contribution in [0, 0.1) is 5.92 Å². The van der Waals surface area contributed by atoms with E-state index in [-0.39, 0.29) is 12.5 Å². The van der Waals surface area contributed by atoms with Crippen LogP contribution >= 0.6 is 0 Å². The molecule has 12 heavy (non-hydrogen) atoms. The van der Waals surface area contributed by atoms with Crippen LogP contribution in [-0.2, 0) is 12.0 Å². The Morgan fingerprint density at radius 1 is 1.92 bits per heavy atom. The Bertz CT molecular complexity index is 297. The van der Waals surface area contributed by atoms with Crippen LogP contribution in [0.15, 0.2) is 10.7 Å². The first-order valence-corrected chi connectivity index (χ1v) is 4.02. The fourth-order valence-electron chi connectivity index (χ4n) is 1.76. The van der Waals surface area contributed by atoms with E-state index in [4.69, 9.17) is 15.4 Å². The summed E-state index contributed by atoms with van der Waals surface area (Å²) in [5, 5.41) is 12.8. The van der Waals surface area contributed by atoms with Gasteiger partial charge in [-0.1, -0.05) is 12.1 Å². The van der Waals surface area contributed by atoms with Gasteiger partial charge < -0.3 is 15.4 Å². The van der Waals surface area contributed by atoms with Crippen LogP contribution in [0.5, 0.6) is 0 Å². The van der Waals surface area contributed by atoms with Crippen LogP contribution in [-0.4, -0.2) is 16.9 Å². The summed E-state index contributed by atoms with van der Waals surface area (Å²) < 4.78 is 5.00. The summed E-state index contributed by atoms with van der Waals surface area (Å²) in [4.78, 5) is 0. The van der Waals surface area contributed by atoms with E-state index in [1.54, 1.807) is 6.20 Å². The minimum absolute atomic E-state index is 0.0532. The minimum atomic E-state index is -0.644. The Hall–Kier alpha value is -0.870. The van der Waals surface area contributed by atoms with Crippen molar-refractivity contribution in [1.29, 1.82) is 0 Å². The highest BCUT2D eigenvalue weighted by Gasteiger charge is 2.43. The molecule has 0 saturated heterocycles. The van der Waals surface area contributed by atoms with Crippen molar-refractivity contribution in [2.24, 2.45) is 11.7 Å². The van der Waals surface area contributed by atoms with Gasteiger partial charge in [0.15, 0.2) is 0 Å². The topological polar surface area (TPSA) is 72.3 Å². The van der Waals surface area contributed by atoms with Crippen molar-refractivity contribution in [1.82, 2.24) is 5.16 Å². The third-order valence-corrected chi connectivity index (χ3v) is 2.78. The van der Waals surface area contributed by atoms with Crippen LogP contribution in [0.25, 0.3) is 0 Å². The number of hydrogen-bond donors (Lipinski definition) is 2. The second-order valence-electron chi connectivity index (χ2n) is 3.47. The van der Waals surface area contributed by atoms with Gasteiger partial charge in [-0.3, -0.25) is 0 Å². The van der Waals surface area contributed by atoms with E-state index in [1.807, 2.05) is 6.92 Å². The van der Waals surface area contributed by atoms with Gasteiger partial charge >= 0.3 is 0 Å². The molecule has 2 atom stereocenters. The molecule has 1 aromatic heterocycles. The largest absolute Gasteiger partial charge is 0.394 e. The molecule has 2 unspecified atom stereocenters. The Labute approximate surface area is 70.3 Å². The van der Waals surface area contributed by atoms with Gasteiger partial charge in [-0.05, 0) is 5.92 Å². The predicted octanol–water partition coefficient (Wildman–Crippen LogP) is 0.0131. The summed E-state index contributed by atoms with van der Waals surface area (Å²) in [6.45, 7) is 1.95. The average Bonchev–Trinajstić information content (AvgIpc) is 2.57. The summed E-state index contributed by atoms with van der Waals surface area (Å²) >= 11 is 0. The number of nitrogens with zero attached hydrogens (tertiary/aromatic N) is 1. The maximum Gasteiger partial charge on any atom is 0.142 e. The van der Waals surface area contributed by atoms with Crippen LogP contribution in [0.2, 0.25) is 0 Å². The monoisotopic (exact) mass is 168 g/mol. The van der Waals surface area contributed by atoms with E-state index >= 15 is 0 Å². The second-order valence-corrected chi connectivity index (χ2v) is 3.47. The zero-order valence-electron chi connectivity index (χ0n) is 6.95. The molecule has 1 aliphatic carbocycles. The summed E-state index contributed by atoms with van der Waals surface area (Å²) in [5.74, 6) is 1.04. The van der Waals surface area contributed by atoms with Crippen molar-refractivity contribution in [3.8, 4) is 0 Å². The number of nitrogens with two attached hydrogens (primary N) is 1. The van der Waals surface area contributed by atoms with E-state index in [1.165, 1.54) is 0 Å². The molecule has 0 bridgehead atoms. The SMILES string of the molecule is CC1Cc2oncc2C1(N)CO. The minimum Gasteiger partial charge on any atom is -0.394 e. The molecule has 2 rings (SSSR count). The fourth-order valence-corrected chi connectivity index (χ4v) is 1.76. The van der Waals surface area contributed by atoms with Gasteiger partial charge in [-0.25, -0.2) is 0 Å². The molecule has 0 saturated carbocycles. The van der Waals surface area contributed by atoms with Crippen LogP contribution in [0.1, 0.15) is 18.2 Å². The molecule has 0 aliphatic heterocycles. The number of fused-ring (bicyclic) bond motifs is 1. The first-order chi connectivity index (χ1) is 5.68. The lowest BCUT2D eigenvalue weighted by Crippen LogP contribution is -2.43. The van der Waals surface area contributed by atoms with E-state index in [0.29, 0.717) is 0 Å². The predicted molar refractivity (Wildman–Crippen MR) is 42.3 cm³/mol. The average molecular weight is 168 g/mol. The highest BCUT2D eigenvalue weighted by molar-refractivity contribution is 5.31. The highest BCUT2D eigenvalue weighted by Crippen LogP contribution is 2.38. The molecule has 3 N–H and O–H groups in total. The lowest BCUT2D eigenvalue weighted by molar-refractivity contribution is 0.158. The Morgan fingerprint density at radius 2 is 2.67 bits per heavy atom. The van der Waals surface area contributed by atoms with E-state index < -0.39 is 5.54 Å². The third kappa shape index (κ3) is 0.763. The van der Waals surface area contributed by atoms with Crippen LogP contribution in [0.4, 0.5) is 0 Å². The molecule has 4 heteroatoms. The molecule has 1 heterocycles. The lowest BCUT2D eigenvalue weighted by atomic mass is 9.87. The smallest absolute Gasteiger partial charge is 0.142 e. The van der Waals surface area contributed by atoms with E-state index in [2.05, 4.69) is 5.16 Å². The lowest BCUT2D eigenvalue weighted by Gasteiger charge is -2.26. The first kappa shape index (κ1) is 7.76. The second kappa shape index (κ2) is 2.31. The molecule has 0 fully saturated rings. The van der Waals surface area contributed by atoms with Gasteiger partial charge in [0.1, 0.15) is 5.76 Å². The quantitative estimate of drug-likeness (QED) is 0.619. The molecule has 0 amide bonds. The van der Waals surface area contributed by atoms with Gasteiger partial charge in [-0.2, -0.15) is 0 Å². The Balaban J connectivity index is 2.48. The first-order valence-electron chi connectivity index (χ1n) is 4.02. The zero-order chi connectivity index (χ0) is 8.77. The number of aromatic nitrogens is 1. The summed E-state index contributed by atoms with van der Waals surface area (Å²) in [5.41, 5.74) is 6.22. The van der Waals surface area contributed by atoms with Crippen molar-refractivity contribution >= 4 is 0 Å². The maximum absolute atomic E-state index is 9.17. The summed E-state index contributed by atoms with van der Waals surface area (Å²) in [6, 6.07) is 0. The van der Waals surface area contributed by atoms with Gasteiger partial charge in [0.05, 0.1) is 18.3 Å². The molecule has 0 aromatic carbocycles. The van der Waals surface area contributed by atoms with Crippen molar-refractivity contribution < 1.29 is 9.63 Å². The molecule has 4 nitrogen and oxygen atoms in total. The van der Waals surface area contributed by atoms with Gasteiger partial charge in [-0.15, -0.1) is 0 Å². The van der Waals surface area contributed by atoms with Crippen molar-refractivity contribution in [3.05, 3.63) is 17.5 Å². The third-order valence-electron chi connectivity index (χ3n) is 2.78. The summed E-state index contributed by atoms with van der Waals surface area (Å²) in [6.07, 6.45) is 2.38. The Kier molecular flexibility index (Phi) is 1.49. The van der Waals surface area contributed by atoms with Crippen LogP contribution < -0.4 is 5.73 Å². The Morgan fingerprint density at radius 3 is 3.33 bits per heavy atom. The number of aliphatic hydroxyl groups is 1. The highest BCUT2D eigenvalue weighted by atomic mass is 16.5. The van der Waals surface area contributed by atoms with Crippen molar-refractivity contribution in [3.63, 3.8) is 0 Å². The van der Waals surface area contributed by atoms with Gasteiger partial charge in [0.25, 0.3) is 0 Å². The van der Waals surface area contributed by atoms with Gasteiger partial charge in [0, 0.05) is 12.0 Å². The molecular formula is C8H12N2O2. The summed E-state index contributed by atoms with van der Waals surface area (Å²) in [7, 11) is 0. The number of hydrogen-bond acceptors (Lipinski definition) is 4. The van der Waals surface area contributed by atoms with E-state index in [9.17, 15) is 0 Å². The van der Waals surface area contributed by atoms with Crippen LogP contribution in [0.3, 0.4) is 0 Å². The molecule has 1 aromatic rings. The normalized spacial score (nSPS) is 33.8. The van der Waals surface area contributed by atoms with Crippen molar-refractivity contribution in [2.75, 3.05) is 6.61 Å². The molecule has 0 spiro atoms. The standard InChI is InChI=1S/C8H12N2O2/c1-5-2-7-6(3-10-12-7)8(5,9)4-11/h3,5,11H,2,4,9H2,1H3. The number of rotatable bonds is 1.